The van der Waals surface area contributed by atoms with E-state index in [9.17, 15) is 9.59 Å². The molecule has 0 amide bonds. The zero-order chi connectivity index (χ0) is 13.5. The molecule has 5 heteroatoms. The number of esters is 1. The number of fused-ring (bicyclic) bond motifs is 1. The van der Waals surface area contributed by atoms with Gasteiger partial charge in [-0.1, -0.05) is 6.42 Å². The summed E-state index contributed by atoms with van der Waals surface area (Å²) in [5.74, 6) is -1.74. The van der Waals surface area contributed by atoms with Gasteiger partial charge in [0.05, 0.1) is 6.61 Å². The maximum Gasteiger partial charge on any atom is 0.303 e. The van der Waals surface area contributed by atoms with Crippen LogP contribution in [0.4, 0.5) is 0 Å². The Morgan fingerprint density at radius 2 is 2.05 bits per heavy atom. The van der Waals surface area contributed by atoms with E-state index in [-0.39, 0.29) is 11.9 Å². The highest BCUT2D eigenvalue weighted by molar-refractivity contribution is 5.98. The van der Waals surface area contributed by atoms with Crippen LogP contribution in [0.1, 0.15) is 51.9 Å². The van der Waals surface area contributed by atoms with Gasteiger partial charge in [-0.3, -0.25) is 9.59 Å². The van der Waals surface area contributed by atoms with Crippen LogP contribution in [0.2, 0.25) is 0 Å². The van der Waals surface area contributed by atoms with E-state index in [1.807, 2.05) is 0 Å². The first-order chi connectivity index (χ1) is 9.09. The second-order valence-electron chi connectivity index (χ2n) is 5.72. The van der Waals surface area contributed by atoms with E-state index in [0.29, 0.717) is 19.4 Å². The molecule has 1 spiro atoms. The molecule has 19 heavy (non-hydrogen) atoms. The second-order valence-corrected chi connectivity index (χ2v) is 5.72. The quantitative estimate of drug-likeness (QED) is 0.678. The monoisotopic (exact) mass is 268 g/mol. The molecule has 0 radical (unpaired) electrons. The van der Waals surface area contributed by atoms with E-state index in [1.165, 1.54) is 6.92 Å². The van der Waals surface area contributed by atoms with Crippen LogP contribution in [0.15, 0.2) is 0 Å². The smallest absolute Gasteiger partial charge is 0.303 e. The zero-order valence-electron chi connectivity index (χ0n) is 11.3. The molecule has 2 heterocycles. The van der Waals surface area contributed by atoms with Crippen LogP contribution in [0, 0.1) is 0 Å². The van der Waals surface area contributed by atoms with Gasteiger partial charge in [0.2, 0.25) is 17.2 Å². The Balaban J connectivity index is 1.94. The fraction of sp³-hybridized carbons (Fsp3) is 0.857. The molecule has 106 valence electrons. The van der Waals surface area contributed by atoms with Gasteiger partial charge in [-0.15, -0.1) is 0 Å². The molecule has 0 aromatic heterocycles. The Morgan fingerprint density at radius 3 is 2.74 bits per heavy atom. The molecule has 3 atom stereocenters. The number of rotatable bonds is 1. The molecule has 5 nitrogen and oxygen atoms in total. The summed E-state index contributed by atoms with van der Waals surface area (Å²) in [5, 5.41) is 0. The molecule has 1 aliphatic carbocycles. The van der Waals surface area contributed by atoms with Gasteiger partial charge in [0.25, 0.3) is 0 Å². The van der Waals surface area contributed by atoms with Crippen LogP contribution in [0.5, 0.6) is 0 Å². The Hall–Kier alpha value is -0.940. The van der Waals surface area contributed by atoms with Gasteiger partial charge in [0.1, 0.15) is 6.10 Å². The fourth-order valence-corrected chi connectivity index (χ4v) is 3.59. The highest BCUT2D eigenvalue weighted by atomic mass is 16.7. The van der Waals surface area contributed by atoms with Crippen molar-refractivity contribution in [3.8, 4) is 0 Å². The van der Waals surface area contributed by atoms with Crippen molar-refractivity contribution in [2.45, 2.75) is 69.4 Å². The average molecular weight is 268 g/mol. The summed E-state index contributed by atoms with van der Waals surface area (Å²) in [5.41, 5.74) is -1.10. The Labute approximate surface area is 112 Å². The molecule has 1 saturated carbocycles. The lowest BCUT2D eigenvalue weighted by Crippen LogP contribution is -2.53. The molecule has 3 fully saturated rings. The van der Waals surface area contributed by atoms with E-state index in [1.54, 1.807) is 0 Å². The molecule has 3 rings (SSSR count). The summed E-state index contributed by atoms with van der Waals surface area (Å²) < 4.78 is 17.1. The van der Waals surface area contributed by atoms with Gasteiger partial charge in [0.15, 0.2) is 0 Å². The fourth-order valence-electron chi connectivity index (χ4n) is 3.59. The standard InChI is InChI=1S/C14H20O5/c1-10(15)18-13-7-3-2-6-11(13)19-14(12(13)16)8-4-5-9-17-14/h11H,2-9H2,1H3/t11-,13-,14+/m1/s1. The number of hydrogen-bond acceptors (Lipinski definition) is 5. The largest absolute Gasteiger partial charge is 0.448 e. The van der Waals surface area contributed by atoms with E-state index < -0.39 is 17.4 Å². The van der Waals surface area contributed by atoms with Gasteiger partial charge in [0, 0.05) is 13.3 Å². The number of carbonyl (C=O) groups is 2. The van der Waals surface area contributed by atoms with E-state index in [4.69, 9.17) is 14.2 Å². The summed E-state index contributed by atoms with van der Waals surface area (Å²) in [6.45, 7) is 1.88. The number of Topliss-reactive ketones (excluding diaryl/α,β-unsaturated/α-hetero) is 1. The minimum Gasteiger partial charge on any atom is -0.448 e. The first-order valence-corrected chi connectivity index (χ1v) is 7.15. The summed E-state index contributed by atoms with van der Waals surface area (Å²) in [6.07, 6.45) is 5.29. The molecule has 0 unspecified atom stereocenters. The molecule has 0 N–H and O–H groups in total. The summed E-state index contributed by atoms with van der Waals surface area (Å²) in [4.78, 5) is 24.2. The van der Waals surface area contributed by atoms with Crippen LogP contribution in [-0.2, 0) is 23.8 Å². The molecule has 0 aromatic carbocycles. The predicted octanol–water partition coefficient (Wildman–Crippen LogP) is 1.73. The predicted molar refractivity (Wildman–Crippen MR) is 65.4 cm³/mol. The lowest BCUT2D eigenvalue weighted by Gasteiger charge is -2.35. The van der Waals surface area contributed by atoms with Gasteiger partial charge >= 0.3 is 5.97 Å². The molecular formula is C14H20O5. The third-order valence-electron chi connectivity index (χ3n) is 4.41. The molecule has 2 saturated heterocycles. The third kappa shape index (κ3) is 1.91. The topological polar surface area (TPSA) is 61.8 Å². The Bertz CT molecular complexity index is 399. The number of ether oxygens (including phenoxy) is 3. The normalized spacial score (nSPS) is 42.2. The van der Waals surface area contributed by atoms with E-state index in [2.05, 4.69) is 0 Å². The van der Waals surface area contributed by atoms with E-state index in [0.717, 1.165) is 32.1 Å². The van der Waals surface area contributed by atoms with Crippen molar-refractivity contribution in [3.63, 3.8) is 0 Å². The van der Waals surface area contributed by atoms with Crippen molar-refractivity contribution >= 4 is 11.8 Å². The molecule has 0 bridgehead atoms. The van der Waals surface area contributed by atoms with Gasteiger partial charge in [-0.25, -0.2) is 0 Å². The first-order valence-electron chi connectivity index (χ1n) is 7.15. The minimum absolute atomic E-state index is 0.167. The highest BCUT2D eigenvalue weighted by Gasteiger charge is 2.67. The second kappa shape index (κ2) is 4.56. The van der Waals surface area contributed by atoms with E-state index >= 15 is 0 Å². The lowest BCUT2D eigenvalue weighted by molar-refractivity contribution is -0.239. The SMILES string of the molecule is CC(=O)O[C@]12CCCC[C@H]1O[C@@]1(CCCCO1)C2=O. The number of hydrogen-bond donors (Lipinski definition) is 0. The highest BCUT2D eigenvalue weighted by Crippen LogP contribution is 2.48. The van der Waals surface area contributed by atoms with Crippen LogP contribution >= 0.6 is 0 Å². The number of carbonyl (C=O) groups excluding carboxylic acids is 2. The average Bonchev–Trinajstić information content (AvgIpc) is 2.61. The van der Waals surface area contributed by atoms with Crippen LogP contribution in [0.25, 0.3) is 0 Å². The molecular weight excluding hydrogens is 248 g/mol. The lowest BCUT2D eigenvalue weighted by atomic mass is 9.78. The first kappa shape index (κ1) is 13.1. The minimum atomic E-state index is -1.15. The van der Waals surface area contributed by atoms with Crippen molar-refractivity contribution in [2.24, 2.45) is 0 Å². The van der Waals surface area contributed by atoms with Crippen LogP contribution in [0.3, 0.4) is 0 Å². The van der Waals surface area contributed by atoms with Crippen LogP contribution in [-0.4, -0.2) is 35.9 Å². The van der Waals surface area contributed by atoms with Gasteiger partial charge < -0.3 is 14.2 Å². The number of ketones is 1. The maximum absolute atomic E-state index is 12.8. The molecule has 2 aliphatic heterocycles. The molecule has 0 aromatic rings. The maximum atomic E-state index is 12.8. The van der Waals surface area contributed by atoms with Crippen molar-refractivity contribution in [1.82, 2.24) is 0 Å². The molecule has 3 aliphatic rings. The van der Waals surface area contributed by atoms with Gasteiger partial charge in [-0.05, 0) is 32.1 Å². The summed E-state index contributed by atoms with van der Waals surface area (Å²) in [7, 11) is 0. The third-order valence-corrected chi connectivity index (χ3v) is 4.41. The van der Waals surface area contributed by atoms with Crippen molar-refractivity contribution in [1.29, 1.82) is 0 Å². The Kier molecular flexibility index (Phi) is 3.14. The van der Waals surface area contributed by atoms with Gasteiger partial charge in [-0.2, -0.15) is 0 Å². The summed E-state index contributed by atoms with van der Waals surface area (Å²) >= 11 is 0. The zero-order valence-corrected chi connectivity index (χ0v) is 11.3. The van der Waals surface area contributed by atoms with Crippen molar-refractivity contribution in [3.05, 3.63) is 0 Å². The van der Waals surface area contributed by atoms with Crippen molar-refractivity contribution in [2.75, 3.05) is 6.61 Å². The van der Waals surface area contributed by atoms with Crippen molar-refractivity contribution < 1.29 is 23.8 Å². The van der Waals surface area contributed by atoms with Crippen LogP contribution < -0.4 is 0 Å². The summed E-state index contributed by atoms with van der Waals surface area (Å²) in [6, 6.07) is 0. The Morgan fingerprint density at radius 1 is 1.26 bits per heavy atom.